The fraction of sp³-hybridized carbons (Fsp3) is 0.0909. The summed E-state index contributed by atoms with van der Waals surface area (Å²) in [5.41, 5.74) is 0. The SMILES string of the molecule is C1#CCC=c2ccccc2=C1. The smallest absolute Gasteiger partial charge is 0.0282 e. The van der Waals surface area contributed by atoms with Crippen molar-refractivity contribution in [3.8, 4) is 11.8 Å². The van der Waals surface area contributed by atoms with Crippen LogP contribution in [0.25, 0.3) is 12.2 Å². The summed E-state index contributed by atoms with van der Waals surface area (Å²) in [5.74, 6) is 6.03. The molecule has 2 rings (SSSR count). The Hall–Kier alpha value is -1.48. The van der Waals surface area contributed by atoms with Crippen molar-refractivity contribution in [2.24, 2.45) is 0 Å². The van der Waals surface area contributed by atoms with Gasteiger partial charge in [-0.05, 0) is 16.5 Å². The van der Waals surface area contributed by atoms with Gasteiger partial charge in [0.25, 0.3) is 0 Å². The van der Waals surface area contributed by atoms with E-state index in [0.29, 0.717) is 0 Å². The molecule has 0 atom stereocenters. The van der Waals surface area contributed by atoms with Gasteiger partial charge in [0.2, 0.25) is 0 Å². The van der Waals surface area contributed by atoms with Crippen molar-refractivity contribution in [2.45, 2.75) is 6.42 Å². The van der Waals surface area contributed by atoms with E-state index >= 15 is 0 Å². The molecule has 0 heterocycles. The van der Waals surface area contributed by atoms with E-state index < -0.39 is 0 Å². The summed E-state index contributed by atoms with van der Waals surface area (Å²) >= 11 is 0. The largest absolute Gasteiger partial charge is 0.0943 e. The molecule has 0 aromatic heterocycles. The average molecular weight is 140 g/mol. The Morgan fingerprint density at radius 3 is 2.82 bits per heavy atom. The van der Waals surface area contributed by atoms with E-state index in [2.05, 4.69) is 36.1 Å². The molecule has 1 aromatic carbocycles. The lowest BCUT2D eigenvalue weighted by Crippen LogP contribution is -2.22. The first-order valence-corrected chi connectivity index (χ1v) is 3.71. The number of benzene rings is 1. The molecule has 0 N–H and O–H groups in total. The first-order chi connectivity index (χ1) is 5.47. The maximum Gasteiger partial charge on any atom is 0.0282 e. The van der Waals surface area contributed by atoms with Crippen LogP contribution in [0.3, 0.4) is 0 Å². The number of hydrogen-bond acceptors (Lipinski definition) is 0. The Morgan fingerprint density at radius 1 is 1.09 bits per heavy atom. The Labute approximate surface area is 65.9 Å². The molecule has 0 nitrogen and oxygen atoms in total. The molecule has 1 aliphatic rings. The summed E-state index contributed by atoms with van der Waals surface area (Å²) in [7, 11) is 0. The summed E-state index contributed by atoms with van der Waals surface area (Å²) in [6, 6.07) is 8.29. The van der Waals surface area contributed by atoms with Gasteiger partial charge in [-0.15, -0.1) is 0 Å². The van der Waals surface area contributed by atoms with Crippen LogP contribution < -0.4 is 10.4 Å². The molecule has 0 heteroatoms. The average Bonchev–Trinajstić information content (AvgIpc) is 2.28. The molecule has 1 aromatic rings. The van der Waals surface area contributed by atoms with Crippen LogP contribution in [0.1, 0.15) is 6.42 Å². The van der Waals surface area contributed by atoms with Crippen LogP contribution in [0.5, 0.6) is 0 Å². The molecular formula is C11H8. The number of hydrogen-bond donors (Lipinski definition) is 0. The summed E-state index contributed by atoms with van der Waals surface area (Å²) < 4.78 is 0. The molecule has 0 saturated carbocycles. The lowest BCUT2D eigenvalue weighted by Gasteiger charge is -1.84. The van der Waals surface area contributed by atoms with Gasteiger partial charge in [0, 0.05) is 6.42 Å². The highest BCUT2D eigenvalue weighted by Crippen LogP contribution is 1.81. The molecule has 1 aliphatic carbocycles. The molecule has 0 aliphatic heterocycles. The Morgan fingerprint density at radius 2 is 1.91 bits per heavy atom. The molecule has 0 spiro atoms. The lowest BCUT2D eigenvalue weighted by atomic mass is 10.2. The highest BCUT2D eigenvalue weighted by molar-refractivity contribution is 5.50. The fourth-order valence-corrected chi connectivity index (χ4v) is 1.18. The third-order valence-corrected chi connectivity index (χ3v) is 1.75. The normalized spacial score (nSPS) is 12.7. The van der Waals surface area contributed by atoms with Gasteiger partial charge in [-0.25, -0.2) is 0 Å². The molecular weight excluding hydrogens is 132 g/mol. The first kappa shape index (κ1) is 6.24. The maximum atomic E-state index is 3.03. The van der Waals surface area contributed by atoms with Gasteiger partial charge >= 0.3 is 0 Å². The van der Waals surface area contributed by atoms with Gasteiger partial charge in [-0.3, -0.25) is 0 Å². The third kappa shape index (κ3) is 1.18. The van der Waals surface area contributed by atoms with Gasteiger partial charge in [-0.2, -0.15) is 0 Å². The standard InChI is InChI=1S/C11H8/c1-2-6-10-8-4-5-9-11(10)7-3-1/h4-9H,2H2. The van der Waals surface area contributed by atoms with Crippen molar-refractivity contribution in [1.29, 1.82) is 0 Å². The molecule has 0 fully saturated rings. The van der Waals surface area contributed by atoms with Crippen molar-refractivity contribution < 1.29 is 0 Å². The summed E-state index contributed by atoms with van der Waals surface area (Å²) in [6.07, 6.45) is 5.00. The van der Waals surface area contributed by atoms with Gasteiger partial charge in [-0.1, -0.05) is 42.2 Å². The lowest BCUT2D eigenvalue weighted by molar-refractivity contribution is 1.48. The third-order valence-electron chi connectivity index (χ3n) is 1.75. The van der Waals surface area contributed by atoms with Crippen LogP contribution in [0.2, 0.25) is 0 Å². The van der Waals surface area contributed by atoms with Crippen molar-refractivity contribution in [3.05, 3.63) is 34.7 Å². The highest BCUT2D eigenvalue weighted by Gasteiger charge is 1.83. The minimum atomic E-state index is 0.869. The summed E-state index contributed by atoms with van der Waals surface area (Å²) in [4.78, 5) is 0. The maximum absolute atomic E-state index is 3.03. The Kier molecular flexibility index (Phi) is 1.50. The second kappa shape index (κ2) is 2.64. The topological polar surface area (TPSA) is 0 Å². The Balaban J connectivity index is 2.84. The van der Waals surface area contributed by atoms with Crippen LogP contribution in [0.4, 0.5) is 0 Å². The van der Waals surface area contributed by atoms with Crippen molar-refractivity contribution in [3.63, 3.8) is 0 Å². The zero-order valence-corrected chi connectivity index (χ0v) is 6.17. The molecule has 0 unspecified atom stereocenters. The van der Waals surface area contributed by atoms with Crippen molar-refractivity contribution >= 4 is 12.2 Å². The van der Waals surface area contributed by atoms with Crippen LogP contribution in [0.15, 0.2) is 24.3 Å². The molecule has 0 bridgehead atoms. The van der Waals surface area contributed by atoms with Gasteiger partial charge in [0.05, 0.1) is 0 Å². The van der Waals surface area contributed by atoms with Crippen LogP contribution >= 0.6 is 0 Å². The minimum Gasteiger partial charge on any atom is -0.0943 e. The van der Waals surface area contributed by atoms with Gasteiger partial charge < -0.3 is 0 Å². The zero-order valence-electron chi connectivity index (χ0n) is 6.17. The van der Waals surface area contributed by atoms with E-state index in [1.165, 1.54) is 10.4 Å². The highest BCUT2D eigenvalue weighted by atomic mass is 13.9. The molecule has 0 saturated heterocycles. The predicted octanol–water partition coefficient (Wildman–Crippen LogP) is 0.655. The van der Waals surface area contributed by atoms with Gasteiger partial charge in [0.15, 0.2) is 0 Å². The molecule has 0 radical (unpaired) electrons. The van der Waals surface area contributed by atoms with E-state index in [1.807, 2.05) is 12.1 Å². The van der Waals surface area contributed by atoms with Crippen LogP contribution in [-0.2, 0) is 0 Å². The van der Waals surface area contributed by atoms with E-state index in [4.69, 9.17) is 0 Å². The Bertz CT molecular complexity index is 427. The van der Waals surface area contributed by atoms with Crippen molar-refractivity contribution in [2.75, 3.05) is 0 Å². The second-order valence-electron chi connectivity index (χ2n) is 2.50. The first-order valence-electron chi connectivity index (χ1n) is 3.71. The summed E-state index contributed by atoms with van der Waals surface area (Å²) in [5, 5.41) is 2.52. The van der Waals surface area contributed by atoms with E-state index in [0.717, 1.165) is 6.42 Å². The predicted molar refractivity (Wildman–Crippen MR) is 47.0 cm³/mol. The fourth-order valence-electron chi connectivity index (χ4n) is 1.18. The zero-order chi connectivity index (χ0) is 7.52. The van der Waals surface area contributed by atoms with E-state index in [-0.39, 0.29) is 0 Å². The van der Waals surface area contributed by atoms with Gasteiger partial charge in [0.1, 0.15) is 0 Å². The van der Waals surface area contributed by atoms with Crippen LogP contribution in [0, 0.1) is 11.8 Å². The number of rotatable bonds is 0. The van der Waals surface area contributed by atoms with E-state index in [9.17, 15) is 0 Å². The van der Waals surface area contributed by atoms with E-state index in [1.54, 1.807) is 0 Å². The summed E-state index contributed by atoms with van der Waals surface area (Å²) in [6.45, 7) is 0. The molecule has 11 heavy (non-hydrogen) atoms. The molecule has 0 amide bonds. The minimum absolute atomic E-state index is 0.869. The van der Waals surface area contributed by atoms with Crippen molar-refractivity contribution in [1.82, 2.24) is 0 Å². The quantitative estimate of drug-likeness (QED) is 0.464. The van der Waals surface area contributed by atoms with Crippen LogP contribution in [-0.4, -0.2) is 0 Å². The molecule has 52 valence electrons. The second-order valence-corrected chi connectivity index (χ2v) is 2.50. The number of fused-ring (bicyclic) bond motifs is 1. The monoisotopic (exact) mass is 140 g/mol.